The van der Waals surface area contributed by atoms with E-state index in [0.29, 0.717) is 25.3 Å². The lowest BCUT2D eigenvalue weighted by Gasteiger charge is -2.20. The summed E-state index contributed by atoms with van der Waals surface area (Å²) < 4.78 is 5.35. The summed E-state index contributed by atoms with van der Waals surface area (Å²) in [5.41, 5.74) is 4.74. The van der Waals surface area contributed by atoms with Gasteiger partial charge in [0.15, 0.2) is 0 Å². The standard InChI is InChI=1S/C28H27N3O2/c1-2-33-28(32)25(19-22-14-8-4-9-15-22)31-27-24(18-21-12-6-3-7-13-21)30-26(20-29-27)23-16-10-5-11-17-23/h3-17,20,25H,2,18-19H2,1H3,(H,29,31)/t25-/m0/s1. The van der Waals surface area contributed by atoms with Gasteiger partial charge in [-0.3, -0.25) is 0 Å². The molecule has 3 aromatic carbocycles. The molecule has 0 saturated heterocycles. The third kappa shape index (κ3) is 6.04. The number of nitrogens with one attached hydrogen (secondary N) is 1. The van der Waals surface area contributed by atoms with Gasteiger partial charge in [-0.15, -0.1) is 0 Å². The SMILES string of the molecule is CCOC(=O)[C@H](Cc1ccccc1)Nc1ncc(-c2ccccc2)nc1Cc1ccccc1. The van der Waals surface area contributed by atoms with Gasteiger partial charge in [-0.05, 0) is 18.1 Å². The first-order valence-corrected chi connectivity index (χ1v) is 11.2. The fourth-order valence-electron chi connectivity index (χ4n) is 3.66. The maximum Gasteiger partial charge on any atom is 0.328 e. The summed E-state index contributed by atoms with van der Waals surface area (Å²) in [6, 6.07) is 29.4. The number of hydrogen-bond acceptors (Lipinski definition) is 5. The zero-order chi connectivity index (χ0) is 22.9. The maximum atomic E-state index is 12.8. The van der Waals surface area contributed by atoms with Gasteiger partial charge in [0.25, 0.3) is 0 Å². The van der Waals surface area contributed by atoms with Crippen LogP contribution in [-0.4, -0.2) is 28.6 Å². The van der Waals surface area contributed by atoms with E-state index < -0.39 is 6.04 Å². The minimum atomic E-state index is -0.571. The molecule has 166 valence electrons. The first-order valence-electron chi connectivity index (χ1n) is 11.2. The molecule has 0 amide bonds. The lowest BCUT2D eigenvalue weighted by atomic mass is 10.0. The Bertz CT molecular complexity index is 1170. The molecule has 4 rings (SSSR count). The quantitative estimate of drug-likeness (QED) is 0.359. The molecule has 1 heterocycles. The smallest absolute Gasteiger partial charge is 0.328 e. The molecule has 1 aromatic heterocycles. The highest BCUT2D eigenvalue weighted by molar-refractivity contribution is 5.79. The topological polar surface area (TPSA) is 64.1 Å². The number of anilines is 1. The molecule has 0 spiro atoms. The number of ether oxygens (including phenoxy) is 1. The Hall–Kier alpha value is -3.99. The van der Waals surface area contributed by atoms with Gasteiger partial charge in [-0.2, -0.15) is 0 Å². The van der Waals surface area contributed by atoms with Crippen LogP contribution in [0.25, 0.3) is 11.3 Å². The number of hydrogen-bond donors (Lipinski definition) is 1. The Morgan fingerprint density at radius 3 is 2.12 bits per heavy atom. The van der Waals surface area contributed by atoms with Gasteiger partial charge in [0, 0.05) is 18.4 Å². The Balaban J connectivity index is 1.68. The first kappa shape index (κ1) is 22.2. The van der Waals surface area contributed by atoms with Gasteiger partial charge in [0.2, 0.25) is 0 Å². The second kappa shape index (κ2) is 11.0. The fourth-order valence-corrected chi connectivity index (χ4v) is 3.66. The third-order valence-electron chi connectivity index (χ3n) is 5.29. The molecule has 1 atom stereocenters. The maximum absolute atomic E-state index is 12.8. The molecule has 1 N–H and O–H groups in total. The first-order chi connectivity index (χ1) is 16.2. The van der Waals surface area contributed by atoms with Crippen LogP contribution in [0.2, 0.25) is 0 Å². The number of benzene rings is 3. The van der Waals surface area contributed by atoms with Crippen molar-refractivity contribution >= 4 is 11.8 Å². The zero-order valence-electron chi connectivity index (χ0n) is 18.6. The number of nitrogens with zero attached hydrogens (tertiary/aromatic N) is 2. The van der Waals surface area contributed by atoms with Crippen molar-refractivity contribution in [3.8, 4) is 11.3 Å². The van der Waals surface area contributed by atoms with E-state index in [4.69, 9.17) is 14.7 Å². The van der Waals surface area contributed by atoms with E-state index >= 15 is 0 Å². The molecule has 0 aliphatic rings. The molecule has 0 aliphatic heterocycles. The van der Waals surface area contributed by atoms with Crippen LogP contribution in [0.1, 0.15) is 23.7 Å². The molecule has 0 bridgehead atoms. The van der Waals surface area contributed by atoms with Crippen LogP contribution < -0.4 is 5.32 Å². The lowest BCUT2D eigenvalue weighted by molar-refractivity contribution is -0.144. The van der Waals surface area contributed by atoms with Gasteiger partial charge < -0.3 is 10.1 Å². The van der Waals surface area contributed by atoms with Gasteiger partial charge in [-0.1, -0.05) is 91.0 Å². The molecule has 0 radical (unpaired) electrons. The second-order valence-electron chi connectivity index (χ2n) is 7.72. The van der Waals surface area contributed by atoms with Crippen LogP contribution in [0.4, 0.5) is 5.82 Å². The summed E-state index contributed by atoms with van der Waals surface area (Å²) in [5.74, 6) is 0.286. The van der Waals surface area contributed by atoms with E-state index in [2.05, 4.69) is 17.4 Å². The van der Waals surface area contributed by atoms with Gasteiger partial charge >= 0.3 is 5.97 Å². The molecule has 33 heavy (non-hydrogen) atoms. The van der Waals surface area contributed by atoms with E-state index in [1.165, 1.54) is 0 Å². The summed E-state index contributed by atoms with van der Waals surface area (Å²) in [5, 5.41) is 3.33. The van der Waals surface area contributed by atoms with Gasteiger partial charge in [0.05, 0.1) is 24.2 Å². The highest BCUT2D eigenvalue weighted by Gasteiger charge is 2.23. The monoisotopic (exact) mass is 437 g/mol. The van der Waals surface area contributed by atoms with E-state index in [1.54, 1.807) is 6.20 Å². The molecule has 0 aliphatic carbocycles. The Morgan fingerprint density at radius 1 is 0.879 bits per heavy atom. The molecule has 0 fully saturated rings. The predicted octanol–water partition coefficient (Wildman–Crippen LogP) is 5.32. The molecule has 0 saturated carbocycles. The lowest BCUT2D eigenvalue weighted by Crippen LogP contribution is -2.34. The summed E-state index contributed by atoms with van der Waals surface area (Å²) in [4.78, 5) is 22.4. The highest BCUT2D eigenvalue weighted by atomic mass is 16.5. The van der Waals surface area contributed by atoms with Crippen molar-refractivity contribution < 1.29 is 9.53 Å². The molecule has 5 heteroatoms. The molecule has 0 unspecified atom stereocenters. The summed E-state index contributed by atoms with van der Waals surface area (Å²) in [6.07, 6.45) is 2.83. The summed E-state index contributed by atoms with van der Waals surface area (Å²) in [6.45, 7) is 2.13. The molecular weight excluding hydrogens is 410 g/mol. The number of aromatic nitrogens is 2. The van der Waals surface area contributed by atoms with Crippen LogP contribution in [0.5, 0.6) is 0 Å². The average molecular weight is 438 g/mol. The van der Waals surface area contributed by atoms with E-state index in [9.17, 15) is 4.79 Å². The van der Waals surface area contributed by atoms with Crippen molar-refractivity contribution in [1.29, 1.82) is 0 Å². The van der Waals surface area contributed by atoms with E-state index in [-0.39, 0.29) is 5.97 Å². The van der Waals surface area contributed by atoms with Crippen LogP contribution in [0, 0.1) is 0 Å². The van der Waals surface area contributed by atoms with Crippen LogP contribution in [-0.2, 0) is 22.4 Å². The van der Waals surface area contributed by atoms with Crippen molar-refractivity contribution in [2.75, 3.05) is 11.9 Å². The van der Waals surface area contributed by atoms with Crippen molar-refractivity contribution in [2.45, 2.75) is 25.8 Å². The van der Waals surface area contributed by atoms with E-state index in [0.717, 1.165) is 28.1 Å². The minimum Gasteiger partial charge on any atom is -0.464 e. The van der Waals surface area contributed by atoms with Crippen molar-refractivity contribution in [3.63, 3.8) is 0 Å². The van der Waals surface area contributed by atoms with Gasteiger partial charge in [-0.25, -0.2) is 14.8 Å². The number of esters is 1. The summed E-state index contributed by atoms with van der Waals surface area (Å²) in [7, 11) is 0. The van der Waals surface area contributed by atoms with Gasteiger partial charge in [0.1, 0.15) is 11.9 Å². The highest BCUT2D eigenvalue weighted by Crippen LogP contribution is 2.23. The molecular formula is C28H27N3O2. The zero-order valence-corrected chi connectivity index (χ0v) is 18.6. The average Bonchev–Trinajstić information content (AvgIpc) is 2.86. The Morgan fingerprint density at radius 2 is 1.48 bits per heavy atom. The second-order valence-corrected chi connectivity index (χ2v) is 7.72. The third-order valence-corrected chi connectivity index (χ3v) is 5.29. The fraction of sp³-hybridized carbons (Fsp3) is 0.179. The number of rotatable bonds is 9. The van der Waals surface area contributed by atoms with Crippen LogP contribution >= 0.6 is 0 Å². The van der Waals surface area contributed by atoms with Crippen molar-refractivity contribution in [2.24, 2.45) is 0 Å². The minimum absolute atomic E-state index is 0.305. The summed E-state index contributed by atoms with van der Waals surface area (Å²) >= 11 is 0. The van der Waals surface area contributed by atoms with Crippen LogP contribution in [0.15, 0.2) is 97.2 Å². The largest absolute Gasteiger partial charge is 0.464 e. The van der Waals surface area contributed by atoms with Crippen molar-refractivity contribution in [1.82, 2.24) is 9.97 Å². The Kier molecular flexibility index (Phi) is 7.44. The predicted molar refractivity (Wildman–Crippen MR) is 131 cm³/mol. The van der Waals surface area contributed by atoms with Crippen LogP contribution in [0.3, 0.4) is 0 Å². The van der Waals surface area contributed by atoms with E-state index in [1.807, 2.05) is 85.8 Å². The molecule has 5 nitrogen and oxygen atoms in total. The Labute approximate surface area is 194 Å². The molecule has 4 aromatic rings. The number of carbonyl (C=O) groups excluding carboxylic acids is 1. The van der Waals surface area contributed by atoms with Crippen molar-refractivity contribution in [3.05, 3.63) is 114 Å². The number of carbonyl (C=O) groups is 1. The normalized spacial score (nSPS) is 11.5.